The second-order valence-electron chi connectivity index (χ2n) is 8.47. The summed E-state index contributed by atoms with van der Waals surface area (Å²) in [5, 5.41) is 3.62. The number of nitrogens with zero attached hydrogens (tertiary/aromatic N) is 1. The topological polar surface area (TPSA) is 42.0 Å². The standard InChI is InChI=1S/C29H26N2O/c32-29(26-12-10-24(11-13-26)23-4-2-1-3-5-23)18-21-6-8-25(9-7-21)27-19-28(27)31-20-22-14-16-30-17-15-22/h1-17,27-28,31H,18-20H2. The Balaban J connectivity index is 1.15. The summed E-state index contributed by atoms with van der Waals surface area (Å²) in [6, 6.07) is 31.3. The maximum Gasteiger partial charge on any atom is 0.167 e. The third-order valence-corrected chi connectivity index (χ3v) is 6.19. The van der Waals surface area contributed by atoms with Gasteiger partial charge in [0, 0.05) is 42.9 Å². The van der Waals surface area contributed by atoms with Gasteiger partial charge in [0.25, 0.3) is 0 Å². The molecule has 2 atom stereocenters. The van der Waals surface area contributed by atoms with Gasteiger partial charge in [-0.05, 0) is 46.4 Å². The first-order valence-electron chi connectivity index (χ1n) is 11.2. The van der Waals surface area contributed by atoms with Crippen LogP contribution in [0.25, 0.3) is 11.1 Å². The van der Waals surface area contributed by atoms with Crippen molar-refractivity contribution in [1.82, 2.24) is 10.3 Å². The minimum Gasteiger partial charge on any atom is -0.309 e. The van der Waals surface area contributed by atoms with Crippen LogP contribution in [0.4, 0.5) is 0 Å². The van der Waals surface area contributed by atoms with Crippen LogP contribution in [-0.2, 0) is 13.0 Å². The van der Waals surface area contributed by atoms with Crippen molar-refractivity contribution in [2.75, 3.05) is 0 Å². The summed E-state index contributed by atoms with van der Waals surface area (Å²) in [5.41, 5.74) is 6.72. The first-order valence-corrected chi connectivity index (χ1v) is 11.2. The molecule has 0 bridgehead atoms. The Bertz CT molecular complexity index is 1170. The first kappa shape index (κ1) is 20.3. The van der Waals surface area contributed by atoms with Gasteiger partial charge in [-0.1, -0.05) is 78.9 Å². The second kappa shape index (κ2) is 9.29. The summed E-state index contributed by atoms with van der Waals surface area (Å²) in [7, 11) is 0. The van der Waals surface area contributed by atoms with E-state index in [-0.39, 0.29) is 5.78 Å². The molecule has 1 aliphatic carbocycles. The molecule has 1 aromatic heterocycles. The van der Waals surface area contributed by atoms with E-state index in [1.807, 2.05) is 67.0 Å². The maximum atomic E-state index is 12.8. The van der Waals surface area contributed by atoms with Gasteiger partial charge < -0.3 is 5.32 Å². The quantitative estimate of drug-likeness (QED) is 0.367. The summed E-state index contributed by atoms with van der Waals surface area (Å²) >= 11 is 0. The molecule has 1 aliphatic rings. The predicted octanol–water partition coefficient (Wildman–Crippen LogP) is 5.82. The lowest BCUT2D eigenvalue weighted by Gasteiger charge is -2.07. The highest BCUT2D eigenvalue weighted by Crippen LogP contribution is 2.41. The zero-order chi connectivity index (χ0) is 21.8. The number of nitrogens with one attached hydrogen (secondary N) is 1. The Labute approximate surface area is 189 Å². The van der Waals surface area contributed by atoms with Crippen molar-refractivity contribution >= 4 is 5.78 Å². The Morgan fingerprint density at radius 1 is 0.781 bits per heavy atom. The molecular weight excluding hydrogens is 392 g/mol. The summed E-state index contributed by atoms with van der Waals surface area (Å²) in [6.07, 6.45) is 5.26. The van der Waals surface area contributed by atoms with Crippen LogP contribution in [0, 0.1) is 0 Å². The fraction of sp³-hybridized carbons (Fsp3) is 0.172. The largest absolute Gasteiger partial charge is 0.309 e. The second-order valence-corrected chi connectivity index (χ2v) is 8.47. The lowest BCUT2D eigenvalue weighted by molar-refractivity contribution is 0.0993. The summed E-state index contributed by atoms with van der Waals surface area (Å²) in [6.45, 7) is 0.874. The van der Waals surface area contributed by atoms with E-state index in [0.717, 1.165) is 35.2 Å². The minimum atomic E-state index is 0.153. The average molecular weight is 419 g/mol. The molecule has 0 saturated heterocycles. The number of carbonyl (C=O) groups excluding carboxylic acids is 1. The predicted molar refractivity (Wildman–Crippen MR) is 129 cm³/mol. The van der Waals surface area contributed by atoms with Crippen LogP contribution in [0.1, 0.15) is 39.4 Å². The van der Waals surface area contributed by atoms with E-state index in [4.69, 9.17) is 0 Å². The van der Waals surface area contributed by atoms with Crippen LogP contribution in [-0.4, -0.2) is 16.8 Å². The lowest BCUT2D eigenvalue weighted by Crippen LogP contribution is -2.17. The fourth-order valence-corrected chi connectivity index (χ4v) is 4.19. The fourth-order valence-electron chi connectivity index (χ4n) is 4.19. The van der Waals surface area contributed by atoms with Crippen LogP contribution >= 0.6 is 0 Å². The molecule has 0 aliphatic heterocycles. The number of aromatic nitrogens is 1. The van der Waals surface area contributed by atoms with Gasteiger partial charge in [0.2, 0.25) is 0 Å². The number of pyridine rings is 1. The van der Waals surface area contributed by atoms with E-state index in [2.05, 4.69) is 46.7 Å². The SMILES string of the molecule is O=C(Cc1ccc(C2CC2NCc2ccncc2)cc1)c1ccc(-c2ccccc2)cc1. The molecule has 1 heterocycles. The van der Waals surface area contributed by atoms with E-state index in [1.165, 1.54) is 11.1 Å². The van der Waals surface area contributed by atoms with Gasteiger partial charge in [-0.15, -0.1) is 0 Å². The number of carbonyl (C=O) groups is 1. The molecular formula is C29H26N2O. The number of benzene rings is 3. The van der Waals surface area contributed by atoms with E-state index in [0.29, 0.717) is 18.4 Å². The summed E-state index contributed by atoms with van der Waals surface area (Å²) < 4.78 is 0. The molecule has 5 rings (SSSR count). The Morgan fingerprint density at radius 2 is 1.47 bits per heavy atom. The van der Waals surface area contributed by atoms with Gasteiger partial charge in [-0.3, -0.25) is 9.78 Å². The first-order chi connectivity index (χ1) is 15.8. The van der Waals surface area contributed by atoms with Crippen molar-refractivity contribution in [3.63, 3.8) is 0 Å². The van der Waals surface area contributed by atoms with E-state index in [9.17, 15) is 4.79 Å². The van der Waals surface area contributed by atoms with E-state index < -0.39 is 0 Å². The highest BCUT2D eigenvalue weighted by atomic mass is 16.1. The van der Waals surface area contributed by atoms with Crippen LogP contribution in [0.5, 0.6) is 0 Å². The smallest absolute Gasteiger partial charge is 0.167 e. The number of rotatable bonds is 8. The molecule has 1 N–H and O–H groups in total. The van der Waals surface area contributed by atoms with Crippen molar-refractivity contribution in [2.24, 2.45) is 0 Å². The molecule has 1 fully saturated rings. The number of ketones is 1. The monoisotopic (exact) mass is 418 g/mol. The lowest BCUT2D eigenvalue weighted by atomic mass is 9.98. The molecule has 1 saturated carbocycles. The molecule has 158 valence electrons. The minimum absolute atomic E-state index is 0.153. The molecule has 32 heavy (non-hydrogen) atoms. The Hall–Kier alpha value is -3.56. The van der Waals surface area contributed by atoms with Crippen molar-refractivity contribution in [2.45, 2.75) is 31.3 Å². The highest BCUT2D eigenvalue weighted by Gasteiger charge is 2.37. The summed E-state index contributed by atoms with van der Waals surface area (Å²) in [5.74, 6) is 0.716. The van der Waals surface area contributed by atoms with Gasteiger partial charge in [-0.25, -0.2) is 0 Å². The molecule has 2 unspecified atom stereocenters. The average Bonchev–Trinajstić information content (AvgIpc) is 3.64. The molecule has 3 nitrogen and oxygen atoms in total. The zero-order valence-electron chi connectivity index (χ0n) is 17.9. The van der Waals surface area contributed by atoms with E-state index >= 15 is 0 Å². The van der Waals surface area contributed by atoms with Gasteiger partial charge in [-0.2, -0.15) is 0 Å². The van der Waals surface area contributed by atoms with E-state index in [1.54, 1.807) is 0 Å². The number of Topliss-reactive ketones (excluding diaryl/α,β-unsaturated/α-hetero) is 1. The molecule has 0 radical (unpaired) electrons. The normalized spacial score (nSPS) is 17.1. The Kier molecular flexibility index (Phi) is 5.91. The third-order valence-electron chi connectivity index (χ3n) is 6.19. The van der Waals surface area contributed by atoms with Gasteiger partial charge >= 0.3 is 0 Å². The van der Waals surface area contributed by atoms with Crippen molar-refractivity contribution in [3.8, 4) is 11.1 Å². The highest BCUT2D eigenvalue weighted by molar-refractivity contribution is 5.97. The van der Waals surface area contributed by atoms with Crippen LogP contribution in [0.2, 0.25) is 0 Å². The molecule has 4 aromatic rings. The van der Waals surface area contributed by atoms with Gasteiger partial charge in [0.05, 0.1) is 0 Å². The molecule has 0 amide bonds. The third kappa shape index (κ3) is 4.84. The number of hydrogen-bond acceptors (Lipinski definition) is 3. The van der Waals surface area contributed by atoms with Crippen molar-refractivity contribution in [1.29, 1.82) is 0 Å². The Morgan fingerprint density at radius 3 is 2.19 bits per heavy atom. The van der Waals surface area contributed by atoms with Gasteiger partial charge in [0.1, 0.15) is 0 Å². The van der Waals surface area contributed by atoms with Crippen LogP contribution in [0.3, 0.4) is 0 Å². The van der Waals surface area contributed by atoms with Gasteiger partial charge in [0.15, 0.2) is 5.78 Å². The summed E-state index contributed by atoms with van der Waals surface area (Å²) in [4.78, 5) is 16.8. The van der Waals surface area contributed by atoms with Crippen LogP contribution in [0.15, 0.2) is 103 Å². The zero-order valence-corrected chi connectivity index (χ0v) is 17.9. The van der Waals surface area contributed by atoms with Crippen LogP contribution < -0.4 is 5.32 Å². The molecule has 3 aromatic carbocycles. The maximum absolute atomic E-state index is 12.8. The van der Waals surface area contributed by atoms with Crippen molar-refractivity contribution < 1.29 is 4.79 Å². The van der Waals surface area contributed by atoms with Crippen molar-refractivity contribution in [3.05, 3.63) is 126 Å². The number of hydrogen-bond donors (Lipinski definition) is 1. The molecule has 0 spiro atoms. The molecule has 3 heteroatoms.